The molecule has 0 atom stereocenters. The molecular weight excluding hydrogens is 369 g/mol. The van der Waals surface area contributed by atoms with Crippen LogP contribution in [0.15, 0.2) is 23.1 Å². The fourth-order valence-electron chi connectivity index (χ4n) is 1.75. The molecule has 2 rings (SSSR count). The third-order valence-electron chi connectivity index (χ3n) is 2.98. The van der Waals surface area contributed by atoms with E-state index in [1.165, 1.54) is 4.80 Å². The van der Waals surface area contributed by atoms with Crippen LogP contribution in [0.3, 0.4) is 0 Å². The SMILES string of the molecule is CC(C)(C)n1nnc(CS(=O)(=O)c2ccc(Cl)c(C(F)(F)F)c2)n1. The molecule has 11 heteroatoms. The monoisotopic (exact) mass is 382 g/mol. The van der Waals surface area contributed by atoms with Crippen molar-refractivity contribution in [2.24, 2.45) is 0 Å². The summed E-state index contributed by atoms with van der Waals surface area (Å²) in [4.78, 5) is 0.729. The van der Waals surface area contributed by atoms with E-state index >= 15 is 0 Å². The summed E-state index contributed by atoms with van der Waals surface area (Å²) in [6.45, 7) is 5.38. The molecule has 0 aliphatic carbocycles. The van der Waals surface area contributed by atoms with E-state index in [2.05, 4.69) is 15.4 Å². The lowest BCUT2D eigenvalue weighted by Crippen LogP contribution is -2.24. The molecule has 0 saturated carbocycles. The molecule has 0 fully saturated rings. The van der Waals surface area contributed by atoms with Gasteiger partial charge in [-0.3, -0.25) is 0 Å². The van der Waals surface area contributed by atoms with Crippen LogP contribution in [-0.2, 0) is 27.3 Å². The summed E-state index contributed by atoms with van der Waals surface area (Å²) in [6, 6.07) is 2.42. The van der Waals surface area contributed by atoms with Gasteiger partial charge in [0.25, 0.3) is 0 Å². The molecule has 1 aromatic carbocycles. The van der Waals surface area contributed by atoms with Crippen molar-refractivity contribution in [3.8, 4) is 0 Å². The average molecular weight is 383 g/mol. The van der Waals surface area contributed by atoms with Crippen molar-refractivity contribution in [1.29, 1.82) is 0 Å². The highest BCUT2D eigenvalue weighted by Gasteiger charge is 2.34. The first-order valence-corrected chi connectivity index (χ1v) is 8.72. The highest BCUT2D eigenvalue weighted by atomic mass is 35.5. The Morgan fingerprint density at radius 2 is 1.83 bits per heavy atom. The van der Waals surface area contributed by atoms with Gasteiger partial charge in [0, 0.05) is 0 Å². The van der Waals surface area contributed by atoms with Gasteiger partial charge in [-0.05, 0) is 44.2 Å². The predicted molar refractivity (Wildman–Crippen MR) is 80.2 cm³/mol. The second-order valence-electron chi connectivity index (χ2n) is 6.06. The zero-order valence-electron chi connectivity index (χ0n) is 13.0. The summed E-state index contributed by atoms with van der Waals surface area (Å²) in [7, 11) is -4.08. The van der Waals surface area contributed by atoms with E-state index in [1.54, 1.807) is 20.8 Å². The second kappa shape index (κ2) is 5.99. The first-order chi connectivity index (χ1) is 10.8. The number of aromatic nitrogens is 4. The summed E-state index contributed by atoms with van der Waals surface area (Å²) < 4.78 is 63.2. The molecule has 0 aliphatic rings. The van der Waals surface area contributed by atoms with Crippen LogP contribution in [0.5, 0.6) is 0 Å². The standard InChI is InChI=1S/C13H14ClF3N4O2S/c1-12(2,3)21-19-11(18-20-21)7-24(22,23)8-4-5-10(14)9(6-8)13(15,16)17/h4-6H,7H2,1-3H3. The number of tetrazole rings is 1. The smallest absolute Gasteiger partial charge is 0.223 e. The number of benzene rings is 1. The highest BCUT2D eigenvalue weighted by molar-refractivity contribution is 7.90. The number of hydrogen-bond acceptors (Lipinski definition) is 5. The minimum Gasteiger partial charge on any atom is -0.223 e. The van der Waals surface area contributed by atoms with Gasteiger partial charge in [0.05, 0.1) is 21.0 Å². The zero-order valence-corrected chi connectivity index (χ0v) is 14.5. The second-order valence-corrected chi connectivity index (χ2v) is 8.46. The van der Waals surface area contributed by atoms with Crippen LogP contribution in [0.25, 0.3) is 0 Å². The molecule has 0 N–H and O–H groups in total. The van der Waals surface area contributed by atoms with Gasteiger partial charge in [0.1, 0.15) is 5.75 Å². The minimum absolute atomic E-state index is 0.103. The summed E-state index contributed by atoms with van der Waals surface area (Å²) in [5.74, 6) is -0.768. The minimum atomic E-state index is -4.75. The number of rotatable bonds is 3. The molecule has 6 nitrogen and oxygen atoms in total. The Morgan fingerprint density at radius 3 is 2.33 bits per heavy atom. The molecule has 0 spiro atoms. The van der Waals surface area contributed by atoms with Crippen LogP contribution in [0.1, 0.15) is 32.2 Å². The molecule has 2 aromatic rings. The molecule has 0 saturated heterocycles. The third kappa shape index (κ3) is 4.04. The molecule has 0 bridgehead atoms. The number of nitrogens with zero attached hydrogens (tertiary/aromatic N) is 4. The molecule has 1 aromatic heterocycles. The Kier molecular flexibility index (Phi) is 4.66. The Labute approximate surface area is 141 Å². The van der Waals surface area contributed by atoms with E-state index in [1.807, 2.05) is 0 Å². The molecule has 0 radical (unpaired) electrons. The van der Waals surface area contributed by atoms with Crippen molar-refractivity contribution in [1.82, 2.24) is 20.2 Å². The number of hydrogen-bond donors (Lipinski definition) is 0. The van der Waals surface area contributed by atoms with Crippen LogP contribution < -0.4 is 0 Å². The summed E-state index contributed by atoms with van der Waals surface area (Å²) in [6.07, 6.45) is -4.75. The van der Waals surface area contributed by atoms with Crippen molar-refractivity contribution in [3.63, 3.8) is 0 Å². The van der Waals surface area contributed by atoms with E-state index in [4.69, 9.17) is 11.6 Å². The predicted octanol–water partition coefficient (Wildman–Crippen LogP) is 3.07. The molecule has 0 unspecified atom stereocenters. The normalized spacial score (nSPS) is 13.3. The van der Waals surface area contributed by atoms with Gasteiger partial charge in [0.15, 0.2) is 15.7 Å². The van der Waals surface area contributed by atoms with E-state index < -0.39 is 42.8 Å². The summed E-state index contributed by atoms with van der Waals surface area (Å²) in [5.41, 5.74) is -1.71. The van der Waals surface area contributed by atoms with Crippen molar-refractivity contribution in [3.05, 3.63) is 34.6 Å². The van der Waals surface area contributed by atoms with Crippen LogP contribution in [0, 0.1) is 0 Å². The lowest BCUT2D eigenvalue weighted by Gasteiger charge is -2.15. The van der Waals surface area contributed by atoms with Crippen LogP contribution >= 0.6 is 11.6 Å². The van der Waals surface area contributed by atoms with Crippen molar-refractivity contribution >= 4 is 21.4 Å². The first kappa shape index (κ1) is 18.7. The lowest BCUT2D eigenvalue weighted by atomic mass is 10.1. The van der Waals surface area contributed by atoms with Gasteiger partial charge in [-0.25, -0.2) is 8.42 Å². The largest absolute Gasteiger partial charge is 0.417 e. The third-order valence-corrected chi connectivity index (χ3v) is 4.92. The molecule has 0 amide bonds. The Bertz CT molecular complexity index is 857. The van der Waals surface area contributed by atoms with Gasteiger partial charge in [0.2, 0.25) is 0 Å². The number of halogens is 4. The maximum atomic E-state index is 12.9. The van der Waals surface area contributed by atoms with Crippen molar-refractivity contribution in [2.45, 2.75) is 43.1 Å². The van der Waals surface area contributed by atoms with E-state index in [-0.39, 0.29) is 5.82 Å². The summed E-state index contributed by atoms with van der Waals surface area (Å²) >= 11 is 5.49. The molecule has 24 heavy (non-hydrogen) atoms. The van der Waals surface area contributed by atoms with Gasteiger partial charge in [-0.2, -0.15) is 18.0 Å². The fraction of sp³-hybridized carbons (Fsp3) is 0.462. The van der Waals surface area contributed by atoms with Gasteiger partial charge in [-0.1, -0.05) is 11.6 Å². The van der Waals surface area contributed by atoms with Crippen LogP contribution in [0.2, 0.25) is 5.02 Å². The van der Waals surface area contributed by atoms with Gasteiger partial charge >= 0.3 is 6.18 Å². The first-order valence-electron chi connectivity index (χ1n) is 6.69. The fourth-order valence-corrected chi connectivity index (χ4v) is 3.17. The van der Waals surface area contributed by atoms with Gasteiger partial charge < -0.3 is 0 Å². The van der Waals surface area contributed by atoms with Crippen LogP contribution in [-0.4, -0.2) is 28.6 Å². The molecular formula is C13H14ClF3N4O2S. The molecule has 0 aliphatic heterocycles. The van der Waals surface area contributed by atoms with Crippen molar-refractivity contribution in [2.75, 3.05) is 0 Å². The highest BCUT2D eigenvalue weighted by Crippen LogP contribution is 2.36. The molecule has 132 valence electrons. The Morgan fingerprint density at radius 1 is 1.21 bits per heavy atom. The number of alkyl halides is 3. The van der Waals surface area contributed by atoms with Crippen molar-refractivity contribution < 1.29 is 21.6 Å². The maximum Gasteiger partial charge on any atom is 0.417 e. The molecule has 1 heterocycles. The van der Waals surface area contributed by atoms with E-state index in [0.717, 1.165) is 12.1 Å². The Hall–Kier alpha value is -1.68. The van der Waals surface area contributed by atoms with Crippen LogP contribution in [0.4, 0.5) is 13.2 Å². The van der Waals surface area contributed by atoms with E-state index in [9.17, 15) is 21.6 Å². The number of sulfone groups is 1. The maximum absolute atomic E-state index is 12.9. The topological polar surface area (TPSA) is 77.7 Å². The van der Waals surface area contributed by atoms with Gasteiger partial charge in [-0.15, -0.1) is 10.2 Å². The zero-order chi connectivity index (χ0) is 18.3. The average Bonchev–Trinajstić information content (AvgIpc) is 2.85. The Balaban J connectivity index is 2.36. The summed E-state index contributed by atoms with van der Waals surface area (Å²) in [5, 5.41) is 10.8. The van der Waals surface area contributed by atoms with E-state index in [0.29, 0.717) is 6.07 Å². The quantitative estimate of drug-likeness (QED) is 0.815. The lowest BCUT2D eigenvalue weighted by molar-refractivity contribution is -0.137.